The van der Waals surface area contributed by atoms with Gasteiger partial charge in [0.1, 0.15) is 5.41 Å². The quantitative estimate of drug-likeness (QED) is 0.869. The average Bonchev–Trinajstić information content (AvgIpc) is 2.66. The van der Waals surface area contributed by atoms with Crippen LogP contribution in [0.1, 0.15) is 0 Å². The molecule has 0 saturated carbocycles. The van der Waals surface area contributed by atoms with Crippen LogP contribution in [-0.4, -0.2) is 35.4 Å². The number of hydrogen-bond acceptors (Lipinski definition) is 3. The predicted octanol–water partition coefficient (Wildman–Crippen LogP) is 1.13. The molecule has 0 radical (unpaired) electrons. The molecular formula is C14H16N2O3. The van der Waals surface area contributed by atoms with Gasteiger partial charge in [-0.1, -0.05) is 18.2 Å². The molecule has 100 valence electrons. The minimum atomic E-state index is -0.781. The Morgan fingerprint density at radius 2 is 2.21 bits per heavy atom. The van der Waals surface area contributed by atoms with E-state index < -0.39 is 5.41 Å². The molecule has 2 aromatic rings. The van der Waals surface area contributed by atoms with Crippen molar-refractivity contribution < 1.29 is 14.6 Å². The third-order valence-corrected chi connectivity index (χ3v) is 3.69. The summed E-state index contributed by atoms with van der Waals surface area (Å²) in [7, 11) is 1.94. The molecule has 1 saturated heterocycles. The summed E-state index contributed by atoms with van der Waals surface area (Å²) in [6, 6.07) is 7.86. The van der Waals surface area contributed by atoms with Gasteiger partial charge in [0.2, 0.25) is 5.91 Å². The molecule has 5 nitrogen and oxygen atoms in total. The van der Waals surface area contributed by atoms with Crippen molar-refractivity contribution in [1.82, 2.24) is 4.57 Å². The van der Waals surface area contributed by atoms with Crippen molar-refractivity contribution in [1.29, 1.82) is 0 Å². The molecule has 1 fully saturated rings. The van der Waals surface area contributed by atoms with Gasteiger partial charge in [-0.15, -0.1) is 0 Å². The van der Waals surface area contributed by atoms with Crippen molar-refractivity contribution in [2.45, 2.75) is 0 Å². The summed E-state index contributed by atoms with van der Waals surface area (Å²) < 4.78 is 7.02. The second-order valence-corrected chi connectivity index (χ2v) is 5.06. The molecule has 0 aliphatic carbocycles. The summed E-state index contributed by atoms with van der Waals surface area (Å²) in [5.41, 5.74) is 1.04. The molecule has 0 spiro atoms. The van der Waals surface area contributed by atoms with Gasteiger partial charge in [-0.25, -0.2) is 0 Å². The van der Waals surface area contributed by atoms with Gasteiger partial charge >= 0.3 is 0 Å². The number of fused-ring (bicyclic) bond motifs is 1. The van der Waals surface area contributed by atoms with Crippen LogP contribution in [0.4, 0.5) is 5.69 Å². The molecule has 5 heteroatoms. The second kappa shape index (κ2) is 4.36. The number of aryl methyl sites for hydroxylation is 1. The third kappa shape index (κ3) is 1.82. The Balaban J connectivity index is 1.91. The number of nitrogens with zero attached hydrogens (tertiary/aromatic N) is 1. The van der Waals surface area contributed by atoms with Gasteiger partial charge in [0.25, 0.3) is 0 Å². The summed E-state index contributed by atoms with van der Waals surface area (Å²) in [6.07, 6.45) is 1.88. The van der Waals surface area contributed by atoms with Crippen LogP contribution >= 0.6 is 0 Å². The Morgan fingerprint density at radius 1 is 1.47 bits per heavy atom. The Labute approximate surface area is 110 Å². The number of ether oxygens (including phenoxy) is 1. The average molecular weight is 260 g/mol. The number of anilines is 1. The number of aliphatic hydroxyl groups excluding tert-OH is 1. The lowest BCUT2D eigenvalue weighted by atomic mass is 9.86. The lowest BCUT2D eigenvalue weighted by Gasteiger charge is -2.37. The van der Waals surface area contributed by atoms with E-state index in [4.69, 9.17) is 4.74 Å². The zero-order valence-corrected chi connectivity index (χ0v) is 10.7. The number of hydrogen-bond donors (Lipinski definition) is 2. The largest absolute Gasteiger partial charge is 0.395 e. The van der Waals surface area contributed by atoms with E-state index in [-0.39, 0.29) is 25.7 Å². The molecule has 19 heavy (non-hydrogen) atoms. The fourth-order valence-electron chi connectivity index (χ4n) is 2.34. The van der Waals surface area contributed by atoms with Crippen LogP contribution in [0.25, 0.3) is 10.9 Å². The molecule has 0 atom stereocenters. The van der Waals surface area contributed by atoms with E-state index in [0.29, 0.717) is 0 Å². The number of rotatable bonds is 3. The van der Waals surface area contributed by atoms with E-state index in [2.05, 4.69) is 5.32 Å². The van der Waals surface area contributed by atoms with Gasteiger partial charge in [0.05, 0.1) is 25.5 Å². The van der Waals surface area contributed by atoms with Crippen molar-refractivity contribution in [3.8, 4) is 0 Å². The van der Waals surface area contributed by atoms with Gasteiger partial charge < -0.3 is 19.7 Å². The van der Waals surface area contributed by atoms with E-state index >= 15 is 0 Å². The number of nitrogens with one attached hydrogen (secondary N) is 1. The van der Waals surface area contributed by atoms with Crippen molar-refractivity contribution in [2.75, 3.05) is 25.1 Å². The summed E-state index contributed by atoms with van der Waals surface area (Å²) in [4.78, 5) is 12.2. The molecule has 1 amide bonds. The number of carbonyl (C=O) groups is 1. The minimum Gasteiger partial charge on any atom is -0.395 e. The van der Waals surface area contributed by atoms with E-state index in [1.165, 1.54) is 0 Å². The summed E-state index contributed by atoms with van der Waals surface area (Å²) in [6.45, 7) is 0.365. The van der Waals surface area contributed by atoms with Gasteiger partial charge in [-0.3, -0.25) is 4.79 Å². The summed E-state index contributed by atoms with van der Waals surface area (Å²) >= 11 is 0. The Morgan fingerprint density at radius 3 is 2.84 bits per heavy atom. The van der Waals surface area contributed by atoms with Crippen LogP contribution in [-0.2, 0) is 16.6 Å². The van der Waals surface area contributed by atoms with Crippen LogP contribution < -0.4 is 5.32 Å². The SMILES string of the molecule is Cn1cc(NC(=O)C2(CO)COC2)c2ccccc21. The topological polar surface area (TPSA) is 63.5 Å². The highest BCUT2D eigenvalue weighted by molar-refractivity contribution is 6.04. The highest BCUT2D eigenvalue weighted by Crippen LogP contribution is 2.31. The van der Waals surface area contributed by atoms with Gasteiger partial charge in [-0.05, 0) is 6.07 Å². The molecule has 3 rings (SSSR count). The smallest absolute Gasteiger partial charge is 0.237 e. The van der Waals surface area contributed by atoms with Gasteiger partial charge in [-0.2, -0.15) is 0 Å². The van der Waals surface area contributed by atoms with Gasteiger partial charge in [0.15, 0.2) is 0 Å². The number of aromatic nitrogens is 1. The van der Waals surface area contributed by atoms with Crippen LogP contribution in [0, 0.1) is 5.41 Å². The number of aliphatic hydroxyl groups is 1. The second-order valence-electron chi connectivity index (χ2n) is 5.06. The first-order chi connectivity index (χ1) is 9.16. The number of para-hydroxylation sites is 1. The zero-order chi connectivity index (χ0) is 13.5. The lowest BCUT2D eigenvalue weighted by Crippen LogP contribution is -2.54. The summed E-state index contributed by atoms with van der Waals surface area (Å²) in [5, 5.41) is 13.2. The number of benzene rings is 1. The normalized spacial score (nSPS) is 17.2. The van der Waals surface area contributed by atoms with Crippen molar-refractivity contribution in [2.24, 2.45) is 12.5 Å². The monoisotopic (exact) mass is 260 g/mol. The first kappa shape index (κ1) is 12.2. The minimum absolute atomic E-state index is 0.183. The highest BCUT2D eigenvalue weighted by atomic mass is 16.5. The molecule has 0 bridgehead atoms. The molecule has 1 aliphatic heterocycles. The lowest BCUT2D eigenvalue weighted by molar-refractivity contribution is -0.164. The third-order valence-electron chi connectivity index (χ3n) is 3.69. The van der Waals surface area contributed by atoms with Crippen LogP contribution in [0.3, 0.4) is 0 Å². The zero-order valence-electron chi connectivity index (χ0n) is 10.7. The number of amides is 1. The van der Waals surface area contributed by atoms with Crippen molar-refractivity contribution >= 4 is 22.5 Å². The molecule has 2 N–H and O–H groups in total. The Kier molecular flexibility index (Phi) is 2.80. The maximum absolute atomic E-state index is 12.2. The van der Waals surface area contributed by atoms with E-state index in [9.17, 15) is 9.90 Å². The Bertz CT molecular complexity index is 623. The first-order valence-electron chi connectivity index (χ1n) is 6.20. The Hall–Kier alpha value is -1.85. The molecular weight excluding hydrogens is 244 g/mol. The molecule has 2 heterocycles. The van der Waals surface area contributed by atoms with Crippen molar-refractivity contribution in [3.63, 3.8) is 0 Å². The van der Waals surface area contributed by atoms with Crippen molar-refractivity contribution in [3.05, 3.63) is 30.5 Å². The molecule has 1 aromatic carbocycles. The maximum atomic E-state index is 12.2. The fraction of sp³-hybridized carbons (Fsp3) is 0.357. The molecule has 1 aliphatic rings. The van der Waals surface area contributed by atoms with Gasteiger partial charge in [0, 0.05) is 24.1 Å². The summed E-state index contributed by atoms with van der Waals surface area (Å²) in [5.74, 6) is -0.183. The van der Waals surface area contributed by atoms with E-state index in [0.717, 1.165) is 16.6 Å². The first-order valence-corrected chi connectivity index (χ1v) is 6.20. The highest BCUT2D eigenvalue weighted by Gasteiger charge is 2.45. The van der Waals surface area contributed by atoms with Crippen LogP contribution in [0.5, 0.6) is 0 Å². The maximum Gasteiger partial charge on any atom is 0.237 e. The van der Waals surface area contributed by atoms with Crippen LogP contribution in [0.15, 0.2) is 30.5 Å². The predicted molar refractivity (Wildman–Crippen MR) is 71.9 cm³/mol. The van der Waals surface area contributed by atoms with Crippen LogP contribution in [0.2, 0.25) is 0 Å². The standard InChI is InChI=1S/C14H16N2O3/c1-16-6-11(10-4-2-3-5-12(10)16)15-13(18)14(7-17)8-19-9-14/h2-6,17H,7-9H2,1H3,(H,15,18). The number of carbonyl (C=O) groups excluding carboxylic acids is 1. The van der Waals surface area contributed by atoms with E-state index in [1.54, 1.807) is 0 Å². The fourth-order valence-corrected chi connectivity index (χ4v) is 2.34. The molecule has 1 aromatic heterocycles. The molecule has 0 unspecified atom stereocenters. The van der Waals surface area contributed by atoms with E-state index in [1.807, 2.05) is 42.1 Å².